The molecule has 0 fully saturated rings. The minimum atomic E-state index is -0.221. The van der Waals surface area contributed by atoms with E-state index in [0.29, 0.717) is 11.3 Å². The Morgan fingerprint density at radius 1 is 1.13 bits per heavy atom. The molecule has 0 atom stereocenters. The number of amides is 1. The molecule has 3 nitrogen and oxygen atoms in total. The second-order valence-corrected chi connectivity index (χ2v) is 4.92. The molecule has 1 aromatic heterocycles. The van der Waals surface area contributed by atoms with Crippen LogP contribution in [0.2, 0.25) is 0 Å². The van der Waals surface area contributed by atoms with E-state index < -0.39 is 0 Å². The van der Waals surface area contributed by atoms with Crippen LogP contribution in [-0.4, -0.2) is 11.4 Å². The van der Waals surface area contributed by atoms with Gasteiger partial charge in [-0.25, -0.2) is 0 Å². The monoisotopic (exact) mass is 209 g/mol. The van der Waals surface area contributed by atoms with Crippen LogP contribution in [0.1, 0.15) is 48.2 Å². The lowest BCUT2D eigenvalue weighted by atomic mass is 10.1. The van der Waals surface area contributed by atoms with Crippen molar-refractivity contribution in [1.29, 1.82) is 0 Å². The zero-order valence-electron chi connectivity index (χ0n) is 10.3. The van der Waals surface area contributed by atoms with Crippen LogP contribution >= 0.6 is 0 Å². The van der Waals surface area contributed by atoms with Crippen molar-refractivity contribution in [3.8, 4) is 0 Å². The quantitative estimate of drug-likeness (QED) is 0.772. The lowest BCUT2D eigenvalue weighted by molar-refractivity contribution is 0.0917. The van der Waals surface area contributed by atoms with E-state index in [0.717, 1.165) is 11.3 Å². The van der Waals surface area contributed by atoms with Crippen LogP contribution in [0.3, 0.4) is 0 Å². The highest BCUT2D eigenvalue weighted by Gasteiger charge is 2.22. The molecular weight excluding hydrogens is 190 g/mol. The van der Waals surface area contributed by atoms with Crippen LogP contribution in [0.5, 0.6) is 0 Å². The Kier molecular flexibility index (Phi) is 2.93. The maximum atomic E-state index is 11.9. The van der Waals surface area contributed by atoms with Gasteiger partial charge in [0.15, 0.2) is 0 Å². The smallest absolute Gasteiger partial charge is 0.255 e. The summed E-state index contributed by atoms with van der Waals surface area (Å²) in [5.74, 6) is 1.44. The number of carbonyl (C=O) groups excluding carboxylic acids is 1. The SMILES string of the molecule is Cc1oc(C)c(C(=O)NC(C)(C)C)c1C. The van der Waals surface area contributed by atoms with Gasteiger partial charge in [0.1, 0.15) is 11.5 Å². The average Bonchev–Trinajstić information content (AvgIpc) is 2.22. The Balaban J connectivity index is 3.02. The third kappa shape index (κ3) is 2.61. The van der Waals surface area contributed by atoms with Crippen molar-refractivity contribution in [3.05, 3.63) is 22.6 Å². The third-order valence-electron chi connectivity index (χ3n) is 2.28. The van der Waals surface area contributed by atoms with Crippen molar-refractivity contribution in [2.24, 2.45) is 0 Å². The largest absolute Gasteiger partial charge is 0.466 e. The predicted octanol–water partition coefficient (Wildman–Crippen LogP) is 2.73. The van der Waals surface area contributed by atoms with Gasteiger partial charge >= 0.3 is 0 Å². The molecule has 0 aromatic carbocycles. The van der Waals surface area contributed by atoms with Crippen LogP contribution in [-0.2, 0) is 0 Å². The summed E-state index contributed by atoms with van der Waals surface area (Å²) in [6.45, 7) is 11.5. The van der Waals surface area contributed by atoms with Crippen LogP contribution in [0.4, 0.5) is 0 Å². The molecule has 1 aromatic rings. The molecule has 0 aliphatic rings. The Morgan fingerprint density at radius 2 is 1.67 bits per heavy atom. The Labute approximate surface area is 90.9 Å². The number of hydrogen-bond acceptors (Lipinski definition) is 2. The Hall–Kier alpha value is -1.25. The minimum absolute atomic E-state index is 0.0608. The zero-order chi connectivity index (χ0) is 11.8. The first-order valence-corrected chi connectivity index (χ1v) is 5.11. The Bertz CT molecular complexity index is 383. The second-order valence-electron chi connectivity index (χ2n) is 4.92. The lowest BCUT2D eigenvalue weighted by Crippen LogP contribution is -2.40. The number of nitrogens with one attached hydrogen (secondary N) is 1. The molecule has 0 radical (unpaired) electrons. The molecule has 1 heterocycles. The summed E-state index contributed by atoms with van der Waals surface area (Å²) in [7, 11) is 0. The molecule has 0 unspecified atom stereocenters. The van der Waals surface area contributed by atoms with Gasteiger partial charge < -0.3 is 9.73 Å². The van der Waals surface area contributed by atoms with Crippen molar-refractivity contribution in [2.75, 3.05) is 0 Å². The van der Waals surface area contributed by atoms with Gasteiger partial charge in [-0.15, -0.1) is 0 Å². The second kappa shape index (κ2) is 3.72. The van der Waals surface area contributed by atoms with Crippen LogP contribution in [0.25, 0.3) is 0 Å². The fourth-order valence-electron chi connectivity index (χ4n) is 1.53. The van der Waals surface area contributed by atoms with E-state index in [1.54, 1.807) is 0 Å². The van der Waals surface area contributed by atoms with Gasteiger partial charge in [0.2, 0.25) is 0 Å². The van der Waals surface area contributed by atoms with Gasteiger partial charge in [0.25, 0.3) is 5.91 Å². The van der Waals surface area contributed by atoms with E-state index in [4.69, 9.17) is 4.42 Å². The first kappa shape index (κ1) is 11.8. The molecule has 0 saturated carbocycles. The maximum Gasteiger partial charge on any atom is 0.255 e. The summed E-state index contributed by atoms with van der Waals surface area (Å²) in [6, 6.07) is 0. The van der Waals surface area contributed by atoms with Gasteiger partial charge in [-0.3, -0.25) is 4.79 Å². The molecule has 0 aliphatic heterocycles. The predicted molar refractivity (Wildman–Crippen MR) is 60.1 cm³/mol. The Morgan fingerprint density at radius 3 is 2.00 bits per heavy atom. The topological polar surface area (TPSA) is 42.2 Å². The minimum Gasteiger partial charge on any atom is -0.466 e. The number of carbonyl (C=O) groups is 1. The van der Waals surface area contributed by atoms with Crippen LogP contribution in [0, 0.1) is 20.8 Å². The fourth-order valence-corrected chi connectivity index (χ4v) is 1.53. The molecule has 1 N–H and O–H groups in total. The van der Waals surface area contributed by atoms with Gasteiger partial charge in [0, 0.05) is 11.1 Å². The molecule has 0 aliphatic carbocycles. The molecule has 15 heavy (non-hydrogen) atoms. The zero-order valence-corrected chi connectivity index (χ0v) is 10.3. The highest BCUT2D eigenvalue weighted by molar-refractivity contribution is 5.97. The molecule has 0 bridgehead atoms. The van der Waals surface area contributed by atoms with Gasteiger partial charge in [-0.2, -0.15) is 0 Å². The summed E-state index contributed by atoms with van der Waals surface area (Å²) in [5.41, 5.74) is 1.37. The third-order valence-corrected chi connectivity index (χ3v) is 2.28. The van der Waals surface area contributed by atoms with E-state index in [2.05, 4.69) is 5.32 Å². The number of hydrogen-bond donors (Lipinski definition) is 1. The first-order chi connectivity index (χ1) is 6.72. The average molecular weight is 209 g/mol. The summed E-state index contributed by atoms with van der Waals surface area (Å²) in [4.78, 5) is 11.9. The summed E-state index contributed by atoms with van der Waals surface area (Å²) in [6.07, 6.45) is 0. The molecule has 1 amide bonds. The van der Waals surface area contributed by atoms with Crippen molar-refractivity contribution < 1.29 is 9.21 Å². The van der Waals surface area contributed by atoms with E-state index in [9.17, 15) is 4.79 Å². The van der Waals surface area contributed by atoms with Gasteiger partial charge in [0.05, 0.1) is 5.56 Å². The summed E-state index contributed by atoms with van der Waals surface area (Å²) < 4.78 is 5.42. The van der Waals surface area contributed by atoms with E-state index >= 15 is 0 Å². The number of furan rings is 1. The molecular formula is C12H19NO2. The molecule has 0 saturated heterocycles. The van der Waals surface area contributed by atoms with Crippen molar-refractivity contribution in [1.82, 2.24) is 5.32 Å². The van der Waals surface area contributed by atoms with Crippen LogP contribution < -0.4 is 5.32 Å². The highest BCUT2D eigenvalue weighted by Crippen LogP contribution is 2.21. The van der Waals surface area contributed by atoms with E-state index in [-0.39, 0.29) is 11.4 Å². The summed E-state index contributed by atoms with van der Waals surface area (Å²) in [5, 5.41) is 2.93. The van der Waals surface area contributed by atoms with Crippen molar-refractivity contribution in [3.63, 3.8) is 0 Å². The molecule has 1 rings (SSSR count). The first-order valence-electron chi connectivity index (χ1n) is 5.11. The van der Waals surface area contributed by atoms with Gasteiger partial charge in [-0.1, -0.05) is 0 Å². The standard InChI is InChI=1S/C12H19NO2/c1-7-8(2)15-9(3)10(7)11(14)13-12(4,5)6/h1-6H3,(H,13,14). The van der Waals surface area contributed by atoms with E-state index in [1.807, 2.05) is 41.5 Å². The molecule has 84 valence electrons. The fraction of sp³-hybridized carbons (Fsp3) is 0.583. The van der Waals surface area contributed by atoms with E-state index in [1.165, 1.54) is 0 Å². The molecule has 0 spiro atoms. The summed E-state index contributed by atoms with van der Waals surface area (Å²) >= 11 is 0. The van der Waals surface area contributed by atoms with Crippen molar-refractivity contribution in [2.45, 2.75) is 47.1 Å². The number of aryl methyl sites for hydroxylation is 2. The normalized spacial score (nSPS) is 11.6. The highest BCUT2D eigenvalue weighted by atomic mass is 16.3. The maximum absolute atomic E-state index is 11.9. The van der Waals surface area contributed by atoms with Gasteiger partial charge in [-0.05, 0) is 41.5 Å². The molecule has 3 heteroatoms. The van der Waals surface area contributed by atoms with Crippen molar-refractivity contribution >= 4 is 5.91 Å². The number of rotatable bonds is 1. The van der Waals surface area contributed by atoms with Crippen LogP contribution in [0.15, 0.2) is 4.42 Å². The lowest BCUT2D eigenvalue weighted by Gasteiger charge is -2.20.